The maximum absolute atomic E-state index is 13.9. The van der Waals surface area contributed by atoms with Crippen molar-refractivity contribution < 1.29 is 33.3 Å². The van der Waals surface area contributed by atoms with Crippen molar-refractivity contribution in [2.24, 2.45) is 22.5 Å². The van der Waals surface area contributed by atoms with Crippen molar-refractivity contribution in [2.45, 2.75) is 140 Å². The van der Waals surface area contributed by atoms with Crippen LogP contribution in [0.4, 0.5) is 0 Å². The number of allylic oxidation sites excluding steroid dienone is 1. The predicted octanol–water partition coefficient (Wildman–Crippen LogP) is 4.15. The first-order valence-electron chi connectivity index (χ1n) is 16.1. The Morgan fingerprint density at radius 1 is 1.05 bits per heavy atom. The Kier molecular flexibility index (Phi) is 8.99. The van der Waals surface area contributed by atoms with Crippen LogP contribution in [-0.4, -0.2) is 73.5 Å². The molecular weight excluding hydrogens is 536 g/mol. The third kappa shape index (κ3) is 5.95. The van der Waals surface area contributed by atoms with Gasteiger partial charge in [-0.25, -0.2) is 0 Å². The summed E-state index contributed by atoms with van der Waals surface area (Å²) in [6.07, 6.45) is 11.2. The highest BCUT2D eigenvalue weighted by molar-refractivity contribution is 5.88. The van der Waals surface area contributed by atoms with E-state index in [9.17, 15) is 14.4 Å². The zero-order valence-electron chi connectivity index (χ0n) is 26.3. The fraction of sp³-hybridized carbons (Fsp3) is 0.848. The van der Waals surface area contributed by atoms with E-state index in [0.717, 1.165) is 64.4 Å². The molecule has 1 spiro atoms. The van der Waals surface area contributed by atoms with Crippen molar-refractivity contribution in [2.75, 3.05) is 20.3 Å². The fourth-order valence-corrected chi connectivity index (χ4v) is 8.36. The molecule has 6 aliphatic rings. The molecule has 0 radical (unpaired) electrons. The van der Waals surface area contributed by atoms with Crippen LogP contribution in [-0.2, 0) is 33.3 Å². The third-order valence-electron chi connectivity index (χ3n) is 11.3. The minimum Gasteiger partial charge on any atom is -0.465 e. The summed E-state index contributed by atoms with van der Waals surface area (Å²) in [6, 6.07) is -0.717. The molecule has 0 aromatic heterocycles. The number of hydrogen-bond donors (Lipinski definition) is 2. The average molecular weight is 589 g/mol. The van der Waals surface area contributed by atoms with Gasteiger partial charge >= 0.3 is 5.97 Å². The molecule has 2 heterocycles. The Labute approximate surface area is 251 Å². The number of fused-ring (bicyclic) bond motifs is 3. The van der Waals surface area contributed by atoms with Crippen molar-refractivity contribution in [1.29, 1.82) is 0 Å². The molecule has 9 heteroatoms. The van der Waals surface area contributed by atoms with Gasteiger partial charge in [-0.05, 0) is 98.3 Å². The molecule has 42 heavy (non-hydrogen) atoms. The summed E-state index contributed by atoms with van der Waals surface area (Å²) >= 11 is 0. The van der Waals surface area contributed by atoms with Crippen molar-refractivity contribution in [3.8, 4) is 0 Å². The number of Topliss-reactive ketones (excluding diaryl/α,β-unsaturated/α-hetero) is 1. The number of epoxide rings is 2. The van der Waals surface area contributed by atoms with Crippen LogP contribution in [0.1, 0.15) is 105 Å². The molecule has 2 aliphatic heterocycles. The number of esters is 1. The van der Waals surface area contributed by atoms with E-state index in [-0.39, 0.29) is 46.7 Å². The normalized spacial score (nSPS) is 40.7. The molecule has 6 rings (SSSR count). The van der Waals surface area contributed by atoms with E-state index in [1.165, 1.54) is 5.57 Å². The van der Waals surface area contributed by atoms with E-state index < -0.39 is 17.4 Å². The van der Waals surface area contributed by atoms with E-state index >= 15 is 0 Å². The number of amides is 1. The molecule has 4 aliphatic carbocycles. The van der Waals surface area contributed by atoms with Gasteiger partial charge in [-0.3, -0.25) is 14.4 Å². The second kappa shape index (κ2) is 11.9. The number of ether oxygens (including phenoxy) is 4. The summed E-state index contributed by atoms with van der Waals surface area (Å²) in [6.45, 7) is 9.02. The Morgan fingerprint density at radius 3 is 2.26 bits per heavy atom. The highest BCUT2D eigenvalue weighted by Crippen LogP contribution is 2.60. The maximum Gasteiger partial charge on any atom is 0.322 e. The van der Waals surface area contributed by atoms with Crippen molar-refractivity contribution in [3.63, 3.8) is 0 Å². The van der Waals surface area contributed by atoms with Crippen LogP contribution in [0, 0.1) is 16.7 Å². The molecule has 7 atom stereocenters. The second-order valence-electron chi connectivity index (χ2n) is 14.4. The lowest BCUT2D eigenvalue weighted by Crippen LogP contribution is -2.62. The topological polar surface area (TPSA) is 133 Å². The van der Waals surface area contributed by atoms with E-state index in [1.54, 1.807) is 14.0 Å². The quantitative estimate of drug-likeness (QED) is 0.142. The molecule has 1 amide bonds. The summed E-state index contributed by atoms with van der Waals surface area (Å²) in [4.78, 5) is 38.8. The van der Waals surface area contributed by atoms with Gasteiger partial charge in [0.25, 0.3) is 0 Å². The Hall–Kier alpha value is -1.81. The van der Waals surface area contributed by atoms with Crippen molar-refractivity contribution in [3.05, 3.63) is 11.6 Å². The predicted molar refractivity (Wildman–Crippen MR) is 157 cm³/mol. The molecule has 236 valence electrons. The number of nitrogens with one attached hydrogen (secondary N) is 1. The standard InChI is InChI=1S/C33H52N2O7/c1-21(2)9-10-25-30(4,42-25)27-26(39-5)23(11-12-33(27)20-41-33)35-29(38)32-16-13-31(14-17-32,15-18-32)24(36)8-6-7-19-40-28(37)22(3)34/h9,22-23,25-27H,6-8,10-20,34H2,1-5H3,(H,35,38)/t22-,23+,25+,26+,27+,30+,31?,32?,33-/m0/s1. The maximum atomic E-state index is 13.9. The van der Waals surface area contributed by atoms with Crippen LogP contribution < -0.4 is 11.1 Å². The first-order valence-corrected chi connectivity index (χ1v) is 16.1. The summed E-state index contributed by atoms with van der Waals surface area (Å²) in [5, 5.41) is 3.45. The number of ketones is 1. The first kappa shape index (κ1) is 31.6. The smallest absolute Gasteiger partial charge is 0.322 e. The number of unbranched alkanes of at least 4 members (excludes halogenated alkanes) is 1. The van der Waals surface area contributed by atoms with Gasteiger partial charge in [0.15, 0.2) is 0 Å². The first-order chi connectivity index (χ1) is 19.9. The van der Waals surface area contributed by atoms with Gasteiger partial charge in [0, 0.05) is 30.3 Å². The summed E-state index contributed by atoms with van der Waals surface area (Å²) in [5.41, 5.74) is 5.56. The minimum atomic E-state index is -0.628. The van der Waals surface area contributed by atoms with Crippen LogP contribution in [0.5, 0.6) is 0 Å². The molecule has 9 nitrogen and oxygen atoms in total. The Balaban J connectivity index is 1.15. The van der Waals surface area contributed by atoms with Gasteiger partial charge in [-0.1, -0.05) is 11.6 Å². The lowest BCUT2D eigenvalue weighted by atomic mass is 9.52. The Bertz CT molecular complexity index is 1050. The lowest BCUT2D eigenvalue weighted by Gasteiger charge is -2.52. The summed E-state index contributed by atoms with van der Waals surface area (Å²) < 4.78 is 23.7. The van der Waals surface area contributed by atoms with Crippen LogP contribution in [0.25, 0.3) is 0 Å². The third-order valence-corrected chi connectivity index (χ3v) is 11.3. The molecule has 0 aromatic rings. The number of rotatable bonds is 13. The monoisotopic (exact) mass is 588 g/mol. The minimum absolute atomic E-state index is 0.0623. The van der Waals surface area contributed by atoms with E-state index in [0.29, 0.717) is 31.7 Å². The van der Waals surface area contributed by atoms with Crippen molar-refractivity contribution >= 4 is 17.7 Å². The number of hydrogen-bond acceptors (Lipinski definition) is 8. The van der Waals surface area contributed by atoms with Gasteiger partial charge in [-0.2, -0.15) is 0 Å². The molecular formula is C33H52N2O7. The van der Waals surface area contributed by atoms with Crippen LogP contribution in [0.2, 0.25) is 0 Å². The van der Waals surface area contributed by atoms with Gasteiger partial charge in [0.1, 0.15) is 17.4 Å². The van der Waals surface area contributed by atoms with Crippen molar-refractivity contribution in [1.82, 2.24) is 5.32 Å². The summed E-state index contributed by atoms with van der Waals surface area (Å²) in [5.74, 6) is 0.0844. The second-order valence-corrected chi connectivity index (χ2v) is 14.4. The molecule has 4 saturated carbocycles. The van der Waals surface area contributed by atoms with E-state index in [4.69, 9.17) is 24.7 Å². The highest BCUT2D eigenvalue weighted by atomic mass is 16.6. The average Bonchev–Trinajstić information content (AvgIpc) is 3.89. The fourth-order valence-electron chi connectivity index (χ4n) is 8.36. The SMILES string of the molecule is CO[C@@H]1[C@H](NC(=O)C23CCC(C(=O)CCCCOC(=O)[C@H](C)N)(CC2)CC3)CC[C@]2(CO2)[C@H]1[C@]1(C)O[C@@H]1CC=C(C)C. The van der Waals surface area contributed by atoms with Gasteiger partial charge < -0.3 is 30.0 Å². The molecule has 3 N–H and O–H groups in total. The zero-order valence-corrected chi connectivity index (χ0v) is 26.3. The molecule has 6 fully saturated rings. The van der Waals surface area contributed by atoms with Crippen LogP contribution in [0.3, 0.4) is 0 Å². The van der Waals surface area contributed by atoms with Gasteiger partial charge in [-0.15, -0.1) is 0 Å². The number of carbonyl (C=O) groups is 3. The van der Waals surface area contributed by atoms with Gasteiger partial charge in [0.05, 0.1) is 37.1 Å². The number of methoxy groups -OCH3 is 1. The van der Waals surface area contributed by atoms with Crippen LogP contribution in [0.15, 0.2) is 11.6 Å². The summed E-state index contributed by atoms with van der Waals surface area (Å²) in [7, 11) is 1.75. The zero-order chi connectivity index (χ0) is 30.3. The Morgan fingerprint density at radius 2 is 1.69 bits per heavy atom. The number of nitrogens with two attached hydrogens (primary N) is 1. The van der Waals surface area contributed by atoms with Crippen LogP contribution >= 0.6 is 0 Å². The highest BCUT2D eigenvalue weighted by Gasteiger charge is 2.72. The van der Waals surface area contributed by atoms with Gasteiger partial charge in [0.2, 0.25) is 5.91 Å². The molecule has 0 unspecified atom stereocenters. The van der Waals surface area contributed by atoms with E-state index in [1.807, 2.05) is 0 Å². The number of carbonyl (C=O) groups excluding carboxylic acids is 3. The lowest BCUT2D eigenvalue weighted by molar-refractivity contribution is -0.152. The molecule has 0 aromatic carbocycles. The molecule has 2 bridgehead atoms. The molecule has 2 saturated heterocycles. The largest absolute Gasteiger partial charge is 0.465 e. The van der Waals surface area contributed by atoms with E-state index in [2.05, 4.69) is 32.2 Å².